The molecule has 0 bridgehead atoms. The van der Waals surface area contributed by atoms with Gasteiger partial charge in [-0.2, -0.15) is 0 Å². The van der Waals surface area contributed by atoms with E-state index in [2.05, 4.69) is 42.6 Å². The molecule has 22 heavy (non-hydrogen) atoms. The van der Waals surface area contributed by atoms with E-state index >= 15 is 0 Å². The number of aliphatic hydroxyl groups excluding tert-OH is 1. The predicted molar refractivity (Wildman–Crippen MR) is 88.1 cm³/mol. The normalized spacial score (nSPS) is 15.9. The fourth-order valence-electron chi connectivity index (χ4n) is 3.06. The largest absolute Gasteiger partial charge is 0.493 e. The molecule has 0 spiro atoms. The van der Waals surface area contributed by atoms with Crippen molar-refractivity contribution >= 4 is 0 Å². The smallest absolute Gasteiger partial charge is 0.122 e. The van der Waals surface area contributed by atoms with Gasteiger partial charge in [0, 0.05) is 12.5 Å². The van der Waals surface area contributed by atoms with Gasteiger partial charge in [0.1, 0.15) is 5.75 Å². The first-order chi connectivity index (χ1) is 10.8. The van der Waals surface area contributed by atoms with Crippen LogP contribution in [0, 0.1) is 0 Å². The van der Waals surface area contributed by atoms with Crippen LogP contribution in [0.15, 0.2) is 48.5 Å². The van der Waals surface area contributed by atoms with Gasteiger partial charge in [-0.25, -0.2) is 0 Å². The Labute approximate surface area is 131 Å². The van der Waals surface area contributed by atoms with Crippen LogP contribution >= 0.6 is 0 Å². The summed E-state index contributed by atoms with van der Waals surface area (Å²) in [5.41, 5.74) is 3.67. The first-order valence-electron chi connectivity index (χ1n) is 7.99. The van der Waals surface area contributed by atoms with E-state index < -0.39 is 0 Å². The van der Waals surface area contributed by atoms with Gasteiger partial charge in [-0.3, -0.25) is 0 Å². The van der Waals surface area contributed by atoms with Crippen molar-refractivity contribution in [2.75, 3.05) is 13.2 Å². The summed E-state index contributed by atoms with van der Waals surface area (Å²) in [6.45, 7) is 3.04. The van der Waals surface area contributed by atoms with Gasteiger partial charge in [0.05, 0.1) is 19.3 Å². The zero-order valence-electron chi connectivity index (χ0n) is 13.0. The summed E-state index contributed by atoms with van der Waals surface area (Å²) in [4.78, 5) is 0. The number of rotatable bonds is 6. The molecule has 0 aromatic heterocycles. The van der Waals surface area contributed by atoms with Crippen molar-refractivity contribution in [3.8, 4) is 5.75 Å². The van der Waals surface area contributed by atoms with Crippen molar-refractivity contribution in [1.29, 1.82) is 0 Å². The highest BCUT2D eigenvalue weighted by atomic mass is 16.5. The molecule has 0 saturated heterocycles. The van der Waals surface area contributed by atoms with Crippen LogP contribution in [0.3, 0.4) is 0 Å². The van der Waals surface area contributed by atoms with Gasteiger partial charge < -0.3 is 15.2 Å². The van der Waals surface area contributed by atoms with Crippen molar-refractivity contribution in [3.05, 3.63) is 65.2 Å². The van der Waals surface area contributed by atoms with Gasteiger partial charge in [0.2, 0.25) is 0 Å². The van der Waals surface area contributed by atoms with Crippen LogP contribution in [0.2, 0.25) is 0 Å². The second-order valence-electron chi connectivity index (χ2n) is 5.74. The van der Waals surface area contributed by atoms with Gasteiger partial charge in [-0.1, -0.05) is 49.4 Å². The first kappa shape index (κ1) is 15.1. The molecule has 2 unspecified atom stereocenters. The Morgan fingerprint density at radius 2 is 1.91 bits per heavy atom. The highest BCUT2D eigenvalue weighted by Gasteiger charge is 2.19. The molecule has 0 aliphatic carbocycles. The van der Waals surface area contributed by atoms with E-state index in [0.29, 0.717) is 0 Å². The van der Waals surface area contributed by atoms with Gasteiger partial charge >= 0.3 is 0 Å². The average molecular weight is 297 g/mol. The summed E-state index contributed by atoms with van der Waals surface area (Å²) in [6, 6.07) is 16.7. The van der Waals surface area contributed by atoms with Crippen LogP contribution in [0.1, 0.15) is 42.1 Å². The van der Waals surface area contributed by atoms with Gasteiger partial charge in [0.25, 0.3) is 0 Å². The minimum absolute atomic E-state index is 0.0457. The van der Waals surface area contributed by atoms with Crippen LogP contribution in [0.5, 0.6) is 5.75 Å². The second-order valence-corrected chi connectivity index (χ2v) is 5.74. The molecule has 3 heteroatoms. The maximum Gasteiger partial charge on any atom is 0.122 e. The number of nitrogens with one attached hydrogen (secondary N) is 1. The molecular formula is C19H23NO2. The Hall–Kier alpha value is -1.84. The molecule has 2 atom stereocenters. The zero-order valence-corrected chi connectivity index (χ0v) is 13.0. The van der Waals surface area contributed by atoms with E-state index in [0.717, 1.165) is 30.8 Å². The minimum atomic E-state index is -0.0457. The van der Waals surface area contributed by atoms with E-state index in [1.54, 1.807) is 0 Å². The molecule has 0 amide bonds. The first-order valence-corrected chi connectivity index (χ1v) is 7.99. The molecule has 1 aliphatic heterocycles. The Morgan fingerprint density at radius 1 is 1.09 bits per heavy atom. The third-order valence-corrected chi connectivity index (χ3v) is 4.31. The number of ether oxygens (including phenoxy) is 1. The quantitative estimate of drug-likeness (QED) is 0.858. The summed E-state index contributed by atoms with van der Waals surface area (Å²) >= 11 is 0. The van der Waals surface area contributed by atoms with Gasteiger partial charge in [0.15, 0.2) is 0 Å². The standard InChI is InChI=1S/C19H23NO2/c1-2-17(15-8-9-19-16(12-15)10-11-22-19)20-18(13-21)14-6-4-3-5-7-14/h3-9,12,17-18,20-21H,2,10-11,13H2,1H3. The van der Waals surface area contributed by atoms with Crippen LogP contribution in [-0.2, 0) is 6.42 Å². The third-order valence-electron chi connectivity index (χ3n) is 4.31. The van der Waals surface area contributed by atoms with Crippen molar-refractivity contribution in [1.82, 2.24) is 5.32 Å². The highest BCUT2D eigenvalue weighted by Crippen LogP contribution is 2.30. The van der Waals surface area contributed by atoms with Crippen LogP contribution in [0.4, 0.5) is 0 Å². The summed E-state index contributed by atoms with van der Waals surface area (Å²) < 4.78 is 5.58. The lowest BCUT2D eigenvalue weighted by molar-refractivity contribution is 0.232. The van der Waals surface area contributed by atoms with Gasteiger partial charge in [-0.05, 0) is 29.2 Å². The molecule has 1 aliphatic rings. The summed E-state index contributed by atoms with van der Waals surface area (Å²) in [6.07, 6.45) is 1.96. The molecular weight excluding hydrogens is 274 g/mol. The van der Waals surface area contributed by atoms with E-state index in [4.69, 9.17) is 4.74 Å². The highest BCUT2D eigenvalue weighted by molar-refractivity contribution is 5.41. The second kappa shape index (κ2) is 6.95. The van der Waals surface area contributed by atoms with Crippen molar-refractivity contribution in [2.24, 2.45) is 0 Å². The van der Waals surface area contributed by atoms with E-state index in [1.165, 1.54) is 11.1 Å². The molecule has 1 heterocycles. The summed E-state index contributed by atoms with van der Waals surface area (Å²) in [5.74, 6) is 1.01. The molecule has 116 valence electrons. The van der Waals surface area contributed by atoms with Crippen LogP contribution in [0.25, 0.3) is 0 Å². The van der Waals surface area contributed by atoms with Crippen molar-refractivity contribution in [2.45, 2.75) is 31.8 Å². The minimum Gasteiger partial charge on any atom is -0.493 e. The fraction of sp³-hybridized carbons (Fsp3) is 0.368. The summed E-state index contributed by atoms with van der Waals surface area (Å²) in [7, 11) is 0. The van der Waals surface area contributed by atoms with Gasteiger partial charge in [-0.15, -0.1) is 0 Å². The Morgan fingerprint density at radius 3 is 2.64 bits per heavy atom. The molecule has 0 fully saturated rings. The van der Waals surface area contributed by atoms with Crippen LogP contribution < -0.4 is 10.1 Å². The lowest BCUT2D eigenvalue weighted by atomic mass is 9.98. The van der Waals surface area contributed by atoms with E-state index in [1.807, 2.05) is 18.2 Å². The predicted octanol–water partition coefficient (Wildman–Crippen LogP) is 3.40. The molecule has 3 rings (SSSR count). The van der Waals surface area contributed by atoms with E-state index in [9.17, 15) is 5.11 Å². The van der Waals surface area contributed by atoms with E-state index in [-0.39, 0.29) is 18.7 Å². The SMILES string of the molecule is CCC(NC(CO)c1ccccc1)c1ccc2c(c1)CCO2. The third kappa shape index (κ3) is 3.16. The molecule has 0 radical (unpaired) electrons. The average Bonchev–Trinajstić information content (AvgIpc) is 3.04. The molecule has 3 nitrogen and oxygen atoms in total. The molecule has 2 N–H and O–H groups in total. The Kier molecular flexibility index (Phi) is 4.76. The monoisotopic (exact) mass is 297 g/mol. The number of aliphatic hydroxyl groups is 1. The number of fused-ring (bicyclic) bond motifs is 1. The van der Waals surface area contributed by atoms with Crippen LogP contribution in [-0.4, -0.2) is 18.3 Å². The Bertz CT molecular complexity index is 612. The Balaban J connectivity index is 1.79. The number of hydrogen-bond acceptors (Lipinski definition) is 3. The fourth-order valence-corrected chi connectivity index (χ4v) is 3.06. The lowest BCUT2D eigenvalue weighted by Gasteiger charge is -2.25. The summed E-state index contributed by atoms with van der Waals surface area (Å²) in [5, 5.41) is 13.3. The maximum absolute atomic E-state index is 9.74. The zero-order chi connectivity index (χ0) is 15.4. The topological polar surface area (TPSA) is 41.5 Å². The maximum atomic E-state index is 9.74. The van der Waals surface area contributed by atoms with Crippen molar-refractivity contribution in [3.63, 3.8) is 0 Å². The number of hydrogen-bond donors (Lipinski definition) is 2. The van der Waals surface area contributed by atoms with Crippen molar-refractivity contribution < 1.29 is 9.84 Å². The molecule has 0 saturated carbocycles. The molecule has 2 aromatic carbocycles. The number of benzene rings is 2. The lowest BCUT2D eigenvalue weighted by Crippen LogP contribution is -2.28. The molecule has 2 aromatic rings.